The van der Waals surface area contributed by atoms with Crippen LogP contribution < -0.4 is 9.46 Å². The number of hydrogen-bond donors (Lipinski definition) is 2. The van der Waals surface area contributed by atoms with E-state index in [4.69, 9.17) is 9.84 Å². The fourth-order valence-corrected chi connectivity index (χ4v) is 4.81. The molecule has 146 valence electrons. The summed E-state index contributed by atoms with van der Waals surface area (Å²) >= 11 is 0. The second kappa shape index (κ2) is 8.37. The van der Waals surface area contributed by atoms with Crippen LogP contribution >= 0.6 is 0 Å². The fraction of sp³-hybridized carbons (Fsp3) is 0.611. The summed E-state index contributed by atoms with van der Waals surface area (Å²) in [5.74, 6) is -1.06. The molecule has 0 saturated heterocycles. The highest BCUT2D eigenvalue weighted by Crippen LogP contribution is 2.32. The maximum atomic E-state index is 12.9. The van der Waals surface area contributed by atoms with Gasteiger partial charge in [0.15, 0.2) is 0 Å². The maximum Gasteiger partial charge on any atom is 0.335 e. The highest BCUT2D eigenvalue weighted by molar-refractivity contribution is 7.89. The lowest BCUT2D eigenvalue weighted by molar-refractivity contribution is 0.0696. The number of nitrogens with one attached hydrogen (secondary N) is 1. The first-order chi connectivity index (χ1) is 12.2. The zero-order valence-electron chi connectivity index (χ0n) is 15.6. The van der Waals surface area contributed by atoms with E-state index in [0.29, 0.717) is 0 Å². The number of ether oxygens (including phenoxy) is 1. The molecule has 2 rings (SSSR count). The molecule has 1 fully saturated rings. The molecular formula is C18H28N2O5S. The molecule has 1 aliphatic rings. The van der Waals surface area contributed by atoms with E-state index in [9.17, 15) is 13.2 Å². The second-order valence-electron chi connectivity index (χ2n) is 7.03. The van der Waals surface area contributed by atoms with E-state index in [1.807, 2.05) is 14.1 Å². The molecule has 0 heterocycles. The zero-order valence-corrected chi connectivity index (χ0v) is 16.4. The molecule has 1 aromatic rings. The first kappa shape index (κ1) is 20.7. The van der Waals surface area contributed by atoms with Crippen molar-refractivity contribution >= 4 is 16.0 Å². The number of rotatable bonds is 7. The lowest BCUT2D eigenvalue weighted by atomic mass is 9.89. The number of carboxylic acids is 1. The van der Waals surface area contributed by atoms with Crippen LogP contribution in [0, 0.1) is 0 Å². The SMILES string of the molecule is COc1ccc(C(=O)O)cc1S(=O)(=O)NCC1(N(C)C)CCCCCC1. The molecule has 1 aromatic carbocycles. The molecule has 0 bridgehead atoms. The van der Waals surface area contributed by atoms with E-state index < -0.39 is 16.0 Å². The summed E-state index contributed by atoms with van der Waals surface area (Å²) < 4.78 is 33.6. The van der Waals surface area contributed by atoms with Gasteiger partial charge in [0.1, 0.15) is 10.6 Å². The maximum absolute atomic E-state index is 12.9. The average molecular weight is 384 g/mol. The van der Waals surface area contributed by atoms with E-state index in [1.165, 1.54) is 19.2 Å². The van der Waals surface area contributed by atoms with Gasteiger partial charge in [0.25, 0.3) is 0 Å². The molecule has 1 aliphatic carbocycles. The van der Waals surface area contributed by atoms with Gasteiger partial charge in [-0.25, -0.2) is 17.9 Å². The van der Waals surface area contributed by atoms with Gasteiger partial charge in [0.2, 0.25) is 10.0 Å². The van der Waals surface area contributed by atoms with Gasteiger partial charge in [-0.05, 0) is 45.1 Å². The summed E-state index contributed by atoms with van der Waals surface area (Å²) in [4.78, 5) is 13.2. The summed E-state index contributed by atoms with van der Waals surface area (Å²) in [5, 5.41) is 9.15. The first-order valence-corrected chi connectivity index (χ1v) is 10.3. The molecule has 26 heavy (non-hydrogen) atoms. The van der Waals surface area contributed by atoms with E-state index in [0.717, 1.165) is 44.6 Å². The van der Waals surface area contributed by atoms with Gasteiger partial charge < -0.3 is 14.7 Å². The molecule has 0 aromatic heterocycles. The number of carbonyl (C=O) groups is 1. The number of nitrogens with zero attached hydrogens (tertiary/aromatic N) is 1. The van der Waals surface area contributed by atoms with E-state index >= 15 is 0 Å². The Morgan fingerprint density at radius 1 is 1.23 bits per heavy atom. The third-order valence-electron chi connectivity index (χ3n) is 5.27. The van der Waals surface area contributed by atoms with Gasteiger partial charge in [0, 0.05) is 12.1 Å². The topological polar surface area (TPSA) is 95.9 Å². The van der Waals surface area contributed by atoms with Gasteiger partial charge in [-0.3, -0.25) is 0 Å². The quantitative estimate of drug-likeness (QED) is 0.701. The number of sulfonamides is 1. The number of likely N-dealkylation sites (N-methyl/N-ethyl adjacent to an activating group) is 1. The van der Waals surface area contributed by atoms with Crippen LogP contribution in [0.5, 0.6) is 5.75 Å². The largest absolute Gasteiger partial charge is 0.495 e. The standard InChI is InChI=1S/C18H28N2O5S/c1-20(2)18(10-6-4-5-7-11-18)13-19-26(23,24)16-12-14(17(21)22)8-9-15(16)25-3/h8-9,12,19H,4-7,10-11,13H2,1-3H3,(H,21,22). The van der Waals surface area contributed by atoms with Crippen molar-refractivity contribution in [3.8, 4) is 5.75 Å². The van der Waals surface area contributed by atoms with E-state index in [-0.39, 0.29) is 28.3 Å². The van der Waals surface area contributed by atoms with Gasteiger partial charge in [-0.15, -0.1) is 0 Å². The first-order valence-electron chi connectivity index (χ1n) is 8.80. The number of hydrogen-bond acceptors (Lipinski definition) is 5. The molecule has 0 unspecified atom stereocenters. The molecule has 0 radical (unpaired) electrons. The third-order valence-corrected chi connectivity index (χ3v) is 6.70. The van der Waals surface area contributed by atoms with Crippen LogP contribution in [0.3, 0.4) is 0 Å². The van der Waals surface area contributed by atoms with Crippen LogP contribution in [0.15, 0.2) is 23.1 Å². The molecule has 2 N–H and O–H groups in total. The van der Waals surface area contributed by atoms with Crippen LogP contribution in [-0.2, 0) is 10.0 Å². The van der Waals surface area contributed by atoms with Crippen LogP contribution in [0.2, 0.25) is 0 Å². The minimum absolute atomic E-state index is 0.0945. The van der Waals surface area contributed by atoms with Gasteiger partial charge >= 0.3 is 5.97 Å². The van der Waals surface area contributed by atoms with E-state index in [2.05, 4.69) is 9.62 Å². The second-order valence-corrected chi connectivity index (χ2v) is 8.76. The van der Waals surface area contributed by atoms with Crippen LogP contribution in [-0.4, -0.2) is 57.7 Å². The molecular weight excluding hydrogens is 356 g/mol. The van der Waals surface area contributed by atoms with Crippen LogP contribution in [0.25, 0.3) is 0 Å². The lowest BCUT2D eigenvalue weighted by Gasteiger charge is -2.39. The summed E-state index contributed by atoms with van der Waals surface area (Å²) in [6.45, 7) is 0.281. The van der Waals surface area contributed by atoms with Crippen molar-refractivity contribution < 1.29 is 23.1 Å². The van der Waals surface area contributed by atoms with Crippen LogP contribution in [0.4, 0.5) is 0 Å². The molecule has 0 aliphatic heterocycles. The number of aromatic carboxylic acids is 1. The normalized spacial score (nSPS) is 17.7. The highest BCUT2D eigenvalue weighted by atomic mass is 32.2. The minimum atomic E-state index is -3.91. The molecule has 0 atom stereocenters. The average Bonchev–Trinajstić information content (AvgIpc) is 2.86. The van der Waals surface area contributed by atoms with Crippen molar-refractivity contribution in [1.82, 2.24) is 9.62 Å². The van der Waals surface area contributed by atoms with Crippen molar-refractivity contribution in [3.63, 3.8) is 0 Å². The summed E-state index contributed by atoms with van der Waals surface area (Å²) in [7, 11) is 1.41. The molecule has 0 amide bonds. The zero-order chi connectivity index (χ0) is 19.4. The predicted molar refractivity (Wildman–Crippen MR) is 99.3 cm³/mol. The van der Waals surface area contributed by atoms with E-state index in [1.54, 1.807) is 0 Å². The smallest absolute Gasteiger partial charge is 0.335 e. The fourth-order valence-electron chi connectivity index (χ4n) is 3.50. The van der Waals surface area contributed by atoms with Crippen molar-refractivity contribution in [2.75, 3.05) is 27.7 Å². The monoisotopic (exact) mass is 384 g/mol. The summed E-state index contributed by atoms with van der Waals surface area (Å²) in [6, 6.07) is 3.83. The molecule has 0 spiro atoms. The van der Waals surface area contributed by atoms with Gasteiger partial charge in [-0.2, -0.15) is 0 Å². The minimum Gasteiger partial charge on any atom is -0.495 e. The predicted octanol–water partition coefficient (Wildman–Crippen LogP) is 2.33. The lowest BCUT2D eigenvalue weighted by Crippen LogP contribution is -2.52. The molecule has 7 nitrogen and oxygen atoms in total. The van der Waals surface area contributed by atoms with Gasteiger partial charge in [-0.1, -0.05) is 25.7 Å². The number of methoxy groups -OCH3 is 1. The Bertz CT molecular complexity index is 738. The Hall–Kier alpha value is -1.64. The molecule has 8 heteroatoms. The number of carboxylic acid groups (broad SMARTS) is 1. The Balaban J connectivity index is 2.30. The van der Waals surface area contributed by atoms with Crippen molar-refractivity contribution in [1.29, 1.82) is 0 Å². The van der Waals surface area contributed by atoms with Gasteiger partial charge in [0.05, 0.1) is 12.7 Å². The Morgan fingerprint density at radius 3 is 2.35 bits per heavy atom. The van der Waals surface area contributed by atoms with Crippen molar-refractivity contribution in [2.24, 2.45) is 0 Å². The number of benzene rings is 1. The van der Waals surface area contributed by atoms with Crippen molar-refractivity contribution in [3.05, 3.63) is 23.8 Å². The third kappa shape index (κ3) is 4.55. The summed E-state index contributed by atoms with van der Waals surface area (Å²) in [5.41, 5.74) is -0.329. The Labute approximate surface area is 155 Å². The summed E-state index contributed by atoms with van der Waals surface area (Å²) in [6.07, 6.45) is 6.31. The Kier molecular flexibility index (Phi) is 6.65. The molecule has 1 saturated carbocycles. The Morgan fingerprint density at radius 2 is 1.85 bits per heavy atom. The van der Waals surface area contributed by atoms with Crippen LogP contribution in [0.1, 0.15) is 48.9 Å². The highest BCUT2D eigenvalue weighted by Gasteiger charge is 2.35. The van der Waals surface area contributed by atoms with Crippen molar-refractivity contribution in [2.45, 2.75) is 49.0 Å².